The van der Waals surface area contributed by atoms with Gasteiger partial charge in [-0.05, 0) is 25.0 Å². The van der Waals surface area contributed by atoms with Crippen molar-refractivity contribution in [2.45, 2.75) is 30.4 Å². The summed E-state index contributed by atoms with van der Waals surface area (Å²) in [5.41, 5.74) is 0. The van der Waals surface area contributed by atoms with E-state index in [9.17, 15) is 31.1 Å². The fourth-order valence-corrected chi connectivity index (χ4v) is 1.69. The van der Waals surface area contributed by atoms with Crippen LogP contribution in [0.4, 0.5) is 17.6 Å². The van der Waals surface area contributed by atoms with Crippen LogP contribution in [-0.2, 0) is 15.8 Å². The lowest BCUT2D eigenvalue weighted by Crippen LogP contribution is -2.43. The molecule has 0 amide bonds. The summed E-state index contributed by atoms with van der Waals surface area (Å²) in [5, 5.41) is -5.13. The van der Waals surface area contributed by atoms with Crippen molar-refractivity contribution in [1.29, 1.82) is 0 Å². The minimum Gasteiger partial charge on any atom is -0.768 e. The fraction of sp³-hybridized carbons (Fsp3) is 0.545. The molecule has 1 heterocycles. The van der Waals surface area contributed by atoms with Gasteiger partial charge in [0.05, 0.1) is 12.9 Å². The summed E-state index contributed by atoms with van der Waals surface area (Å²) in [6, 6.07) is 2.78. The van der Waals surface area contributed by atoms with Crippen LogP contribution < -0.4 is 0 Å². The molecule has 0 saturated heterocycles. The Morgan fingerprint density at radius 2 is 2.00 bits per heavy atom. The second kappa shape index (κ2) is 7.03. The molecule has 0 aliphatic heterocycles. The summed E-state index contributed by atoms with van der Waals surface area (Å²) in [6.07, 6.45) is -0.663. The van der Waals surface area contributed by atoms with E-state index in [1.807, 2.05) is 0 Å². The number of hydrogen-bond donors (Lipinski definition) is 0. The molecule has 21 heavy (non-hydrogen) atoms. The van der Waals surface area contributed by atoms with Crippen molar-refractivity contribution < 1.29 is 40.3 Å². The lowest BCUT2D eigenvalue weighted by atomic mass is 10.1. The molecule has 0 bridgehead atoms. The van der Waals surface area contributed by atoms with Crippen LogP contribution in [0.2, 0.25) is 0 Å². The molecule has 1 atom stereocenters. The van der Waals surface area contributed by atoms with Gasteiger partial charge in [0.1, 0.15) is 0 Å². The van der Waals surface area contributed by atoms with Gasteiger partial charge in [0.2, 0.25) is 5.76 Å². The molecule has 5 nitrogen and oxygen atoms in total. The van der Waals surface area contributed by atoms with Crippen LogP contribution in [0.15, 0.2) is 22.8 Å². The molecular weight excluding hydrogens is 320 g/mol. The van der Waals surface area contributed by atoms with Gasteiger partial charge in [-0.1, -0.05) is 0 Å². The highest BCUT2D eigenvalue weighted by Gasteiger charge is 2.56. The quantitative estimate of drug-likeness (QED) is 0.317. The number of hydrogen-bond acceptors (Lipinski definition) is 5. The minimum absolute atomic E-state index is 0.0754. The van der Waals surface area contributed by atoms with E-state index in [0.717, 1.165) is 0 Å². The third kappa shape index (κ3) is 4.53. The van der Waals surface area contributed by atoms with Gasteiger partial charge in [-0.3, -0.25) is 4.21 Å². The molecule has 0 aliphatic carbocycles. The highest BCUT2D eigenvalue weighted by molar-refractivity contribution is 7.80. The summed E-state index contributed by atoms with van der Waals surface area (Å²) in [7, 11) is 0. The molecule has 0 radical (unpaired) electrons. The SMILES string of the molecule is O=C(OCCCCC(F)(F)C(F)(F)S(=O)[O-])c1ccco1. The second-order valence-corrected chi connectivity index (χ2v) is 5.01. The monoisotopic (exact) mass is 331 g/mol. The first-order valence-corrected chi connectivity index (χ1v) is 6.81. The number of alkyl halides is 4. The minimum atomic E-state index is -5.13. The van der Waals surface area contributed by atoms with Crippen LogP contribution in [0, 0.1) is 0 Å². The fourth-order valence-electron chi connectivity index (χ4n) is 1.35. The average molecular weight is 331 g/mol. The van der Waals surface area contributed by atoms with Crippen LogP contribution in [0.25, 0.3) is 0 Å². The summed E-state index contributed by atoms with van der Waals surface area (Å²) in [4.78, 5) is 11.2. The standard InChI is InChI=1S/C11H12F4O5S/c12-10(13,11(14,15)21(17)18)5-1-2-6-20-9(16)8-4-3-7-19-8/h3-4,7H,1-2,5-6H2,(H,17,18)/p-1. The molecule has 0 spiro atoms. The lowest BCUT2D eigenvalue weighted by molar-refractivity contribution is -0.162. The number of rotatable bonds is 8. The Labute approximate surface area is 119 Å². The lowest BCUT2D eigenvalue weighted by Gasteiger charge is -2.27. The van der Waals surface area contributed by atoms with Crippen molar-refractivity contribution in [2.24, 2.45) is 0 Å². The number of unbranched alkanes of at least 4 members (excludes halogenated alkanes) is 1. The zero-order valence-corrected chi connectivity index (χ0v) is 11.3. The van der Waals surface area contributed by atoms with E-state index < -0.39 is 41.1 Å². The number of carbonyl (C=O) groups excluding carboxylic acids is 1. The Balaban J connectivity index is 2.31. The summed E-state index contributed by atoms with van der Waals surface area (Å²) in [6.45, 7) is -0.276. The van der Waals surface area contributed by atoms with Gasteiger partial charge in [-0.15, -0.1) is 0 Å². The molecule has 1 aromatic heterocycles. The van der Waals surface area contributed by atoms with Crippen LogP contribution in [-0.4, -0.2) is 32.5 Å². The van der Waals surface area contributed by atoms with Crippen LogP contribution >= 0.6 is 0 Å². The Morgan fingerprint density at radius 1 is 1.33 bits per heavy atom. The summed E-state index contributed by atoms with van der Waals surface area (Å²) < 4.78 is 80.9. The van der Waals surface area contributed by atoms with Gasteiger partial charge in [0, 0.05) is 17.5 Å². The average Bonchev–Trinajstić information content (AvgIpc) is 2.91. The van der Waals surface area contributed by atoms with Gasteiger partial charge in [0.15, 0.2) is 0 Å². The second-order valence-electron chi connectivity index (χ2n) is 4.03. The van der Waals surface area contributed by atoms with E-state index in [2.05, 4.69) is 4.74 Å². The molecule has 0 aromatic carbocycles. The Morgan fingerprint density at radius 3 is 2.52 bits per heavy atom. The van der Waals surface area contributed by atoms with Crippen molar-refractivity contribution >= 4 is 17.0 Å². The number of ether oxygens (including phenoxy) is 1. The van der Waals surface area contributed by atoms with E-state index in [-0.39, 0.29) is 18.8 Å². The molecule has 0 saturated carbocycles. The van der Waals surface area contributed by atoms with Crippen molar-refractivity contribution in [1.82, 2.24) is 0 Å². The van der Waals surface area contributed by atoms with Crippen LogP contribution in [0.1, 0.15) is 29.8 Å². The highest BCUT2D eigenvalue weighted by atomic mass is 32.2. The molecule has 0 aliphatic rings. The number of esters is 1. The first-order valence-electron chi connectivity index (χ1n) is 5.74. The first kappa shape index (κ1) is 17.6. The smallest absolute Gasteiger partial charge is 0.374 e. The molecule has 120 valence electrons. The first-order chi connectivity index (χ1) is 9.68. The maximum Gasteiger partial charge on any atom is 0.374 e. The number of furan rings is 1. The van der Waals surface area contributed by atoms with Gasteiger partial charge in [0.25, 0.3) is 0 Å². The van der Waals surface area contributed by atoms with E-state index in [4.69, 9.17) is 4.42 Å². The van der Waals surface area contributed by atoms with Crippen molar-refractivity contribution in [3.8, 4) is 0 Å². The molecule has 0 fully saturated rings. The maximum absolute atomic E-state index is 13.0. The summed E-state index contributed by atoms with van der Waals surface area (Å²) >= 11 is -4.21. The Kier molecular flexibility index (Phi) is 5.90. The number of halogens is 4. The van der Waals surface area contributed by atoms with E-state index in [0.29, 0.717) is 0 Å². The molecular formula is C11H11F4O5S-. The van der Waals surface area contributed by atoms with Gasteiger partial charge in [-0.2, -0.15) is 17.6 Å². The topological polar surface area (TPSA) is 79.6 Å². The zero-order chi connectivity index (χ0) is 16.1. The Hall–Kier alpha value is -1.42. The third-order valence-electron chi connectivity index (χ3n) is 2.48. The van der Waals surface area contributed by atoms with Gasteiger partial charge in [-0.25, -0.2) is 4.79 Å². The van der Waals surface area contributed by atoms with Crippen molar-refractivity contribution in [2.75, 3.05) is 6.61 Å². The van der Waals surface area contributed by atoms with Crippen LogP contribution in [0.3, 0.4) is 0 Å². The van der Waals surface area contributed by atoms with Gasteiger partial charge >= 0.3 is 17.1 Å². The number of carbonyl (C=O) groups is 1. The zero-order valence-electron chi connectivity index (χ0n) is 10.5. The molecule has 1 unspecified atom stereocenters. The van der Waals surface area contributed by atoms with E-state index in [1.54, 1.807) is 0 Å². The predicted octanol–water partition coefficient (Wildman–Crippen LogP) is 2.71. The van der Waals surface area contributed by atoms with E-state index >= 15 is 0 Å². The van der Waals surface area contributed by atoms with Gasteiger partial charge < -0.3 is 13.7 Å². The van der Waals surface area contributed by atoms with E-state index in [1.165, 1.54) is 18.4 Å². The molecule has 1 aromatic rings. The van der Waals surface area contributed by atoms with Crippen molar-refractivity contribution in [3.63, 3.8) is 0 Å². The van der Waals surface area contributed by atoms with Crippen LogP contribution in [0.5, 0.6) is 0 Å². The largest absolute Gasteiger partial charge is 0.768 e. The molecule has 0 N–H and O–H groups in total. The molecule has 10 heteroatoms. The van der Waals surface area contributed by atoms with Crippen molar-refractivity contribution in [3.05, 3.63) is 24.2 Å². The highest BCUT2D eigenvalue weighted by Crippen LogP contribution is 2.39. The Bertz CT molecular complexity index is 489. The third-order valence-corrected chi connectivity index (χ3v) is 3.19. The normalized spacial score (nSPS) is 14.0. The predicted molar refractivity (Wildman–Crippen MR) is 61.7 cm³/mol. The maximum atomic E-state index is 13.0. The molecule has 1 rings (SSSR count). The summed E-state index contributed by atoms with van der Waals surface area (Å²) in [5.74, 6) is -5.56.